The third kappa shape index (κ3) is 3.68. The molecule has 24 heavy (non-hydrogen) atoms. The lowest BCUT2D eigenvalue weighted by Crippen LogP contribution is -2.52. The molecule has 3 rings (SSSR count). The molecule has 1 atom stereocenters. The minimum Gasteiger partial charge on any atom is -0.451 e. The van der Waals surface area contributed by atoms with Crippen LogP contribution in [0.1, 0.15) is 34.8 Å². The van der Waals surface area contributed by atoms with Crippen LogP contribution in [0.25, 0.3) is 11.3 Å². The number of amides is 1. The van der Waals surface area contributed by atoms with Gasteiger partial charge in [0.2, 0.25) is 0 Å². The number of Topliss-reactive ketones (excluding diaryl/α,β-unsaturated/α-hetero) is 1. The molecule has 0 spiro atoms. The van der Waals surface area contributed by atoms with E-state index in [1.165, 1.54) is 6.92 Å². The van der Waals surface area contributed by atoms with Crippen molar-refractivity contribution in [1.29, 1.82) is 0 Å². The number of piperazine rings is 1. The van der Waals surface area contributed by atoms with Crippen molar-refractivity contribution in [3.05, 3.63) is 47.7 Å². The molecule has 1 saturated heterocycles. The van der Waals surface area contributed by atoms with Crippen LogP contribution >= 0.6 is 12.4 Å². The zero-order valence-electron chi connectivity index (χ0n) is 13.7. The summed E-state index contributed by atoms with van der Waals surface area (Å²) >= 11 is 0. The fourth-order valence-corrected chi connectivity index (χ4v) is 2.76. The van der Waals surface area contributed by atoms with Crippen LogP contribution in [-0.4, -0.2) is 42.3 Å². The second kappa shape index (κ2) is 7.64. The molecule has 128 valence electrons. The van der Waals surface area contributed by atoms with Crippen molar-refractivity contribution in [1.82, 2.24) is 10.2 Å². The molecule has 1 fully saturated rings. The third-order valence-corrected chi connectivity index (χ3v) is 4.15. The number of carbonyl (C=O) groups is 2. The summed E-state index contributed by atoms with van der Waals surface area (Å²) in [4.78, 5) is 25.7. The number of nitrogens with one attached hydrogen (secondary N) is 1. The van der Waals surface area contributed by atoms with Crippen molar-refractivity contribution in [2.75, 3.05) is 19.6 Å². The average molecular weight is 349 g/mol. The first-order valence-electron chi connectivity index (χ1n) is 7.79. The van der Waals surface area contributed by atoms with E-state index in [-0.39, 0.29) is 30.1 Å². The SMILES string of the molecule is CC(=O)c1ccc(-c2ccc(C(=O)N3CCNC[C@H]3C)o2)cc1.Cl. The zero-order valence-corrected chi connectivity index (χ0v) is 14.6. The van der Waals surface area contributed by atoms with Crippen molar-refractivity contribution in [3.63, 3.8) is 0 Å². The van der Waals surface area contributed by atoms with E-state index in [0.717, 1.165) is 18.7 Å². The van der Waals surface area contributed by atoms with Crippen LogP contribution in [0, 0.1) is 0 Å². The van der Waals surface area contributed by atoms with Gasteiger partial charge in [0, 0.05) is 36.8 Å². The summed E-state index contributed by atoms with van der Waals surface area (Å²) in [6, 6.07) is 10.8. The first kappa shape index (κ1) is 18.2. The molecule has 2 aromatic rings. The van der Waals surface area contributed by atoms with Crippen molar-refractivity contribution >= 4 is 24.1 Å². The van der Waals surface area contributed by atoms with Crippen molar-refractivity contribution in [2.45, 2.75) is 19.9 Å². The Morgan fingerprint density at radius 2 is 1.88 bits per heavy atom. The Kier molecular flexibility index (Phi) is 5.80. The Labute approximate surface area is 147 Å². The number of halogens is 1. The van der Waals surface area contributed by atoms with E-state index in [9.17, 15) is 9.59 Å². The lowest BCUT2D eigenvalue weighted by atomic mass is 10.1. The molecule has 0 bridgehead atoms. The van der Waals surface area contributed by atoms with Gasteiger partial charge in [0.25, 0.3) is 5.91 Å². The Morgan fingerprint density at radius 3 is 2.50 bits per heavy atom. The van der Waals surface area contributed by atoms with Crippen LogP contribution in [0.4, 0.5) is 0 Å². The van der Waals surface area contributed by atoms with Gasteiger partial charge in [-0.15, -0.1) is 12.4 Å². The summed E-state index contributed by atoms with van der Waals surface area (Å²) in [6.45, 7) is 5.84. The molecule has 1 aliphatic heterocycles. The fourth-order valence-electron chi connectivity index (χ4n) is 2.76. The molecule has 1 N–H and O–H groups in total. The molecule has 0 saturated carbocycles. The Balaban J connectivity index is 0.00000208. The van der Waals surface area contributed by atoms with E-state index in [0.29, 0.717) is 23.6 Å². The first-order valence-corrected chi connectivity index (χ1v) is 7.79. The maximum Gasteiger partial charge on any atom is 0.289 e. The number of hydrogen-bond donors (Lipinski definition) is 1. The van der Waals surface area contributed by atoms with Gasteiger partial charge in [-0.25, -0.2) is 0 Å². The van der Waals surface area contributed by atoms with Gasteiger partial charge < -0.3 is 14.6 Å². The molecule has 5 nitrogen and oxygen atoms in total. The maximum absolute atomic E-state index is 12.6. The molecule has 6 heteroatoms. The summed E-state index contributed by atoms with van der Waals surface area (Å²) in [5.74, 6) is 0.931. The van der Waals surface area contributed by atoms with Crippen molar-refractivity contribution in [2.24, 2.45) is 0 Å². The second-order valence-electron chi connectivity index (χ2n) is 5.85. The molecule has 1 amide bonds. The molecule has 0 radical (unpaired) electrons. The van der Waals surface area contributed by atoms with Crippen LogP contribution < -0.4 is 5.32 Å². The highest BCUT2D eigenvalue weighted by Gasteiger charge is 2.26. The van der Waals surface area contributed by atoms with Gasteiger partial charge in [-0.05, 0) is 26.0 Å². The van der Waals surface area contributed by atoms with Gasteiger partial charge in [-0.1, -0.05) is 24.3 Å². The summed E-state index contributed by atoms with van der Waals surface area (Å²) in [5.41, 5.74) is 1.51. The van der Waals surface area contributed by atoms with Gasteiger partial charge in [0.15, 0.2) is 11.5 Å². The monoisotopic (exact) mass is 348 g/mol. The summed E-state index contributed by atoms with van der Waals surface area (Å²) in [6.07, 6.45) is 0. The van der Waals surface area contributed by atoms with Crippen molar-refractivity contribution in [3.8, 4) is 11.3 Å². The maximum atomic E-state index is 12.6. The average Bonchev–Trinajstić information content (AvgIpc) is 3.05. The first-order chi connectivity index (χ1) is 11.1. The minimum absolute atomic E-state index is 0. The number of furan rings is 1. The Hall–Kier alpha value is -2.11. The summed E-state index contributed by atoms with van der Waals surface area (Å²) in [7, 11) is 0. The molecule has 0 aliphatic carbocycles. The summed E-state index contributed by atoms with van der Waals surface area (Å²) < 4.78 is 5.74. The smallest absolute Gasteiger partial charge is 0.289 e. The number of ketones is 1. The fraction of sp³-hybridized carbons (Fsp3) is 0.333. The zero-order chi connectivity index (χ0) is 16.4. The molecule has 0 unspecified atom stereocenters. The van der Waals surface area contributed by atoms with E-state index in [1.807, 2.05) is 24.0 Å². The topological polar surface area (TPSA) is 62.6 Å². The Bertz CT molecular complexity index is 724. The van der Waals surface area contributed by atoms with Crippen LogP contribution in [0.3, 0.4) is 0 Å². The van der Waals surface area contributed by atoms with Crippen LogP contribution in [-0.2, 0) is 0 Å². The van der Waals surface area contributed by atoms with Gasteiger partial charge in [-0.2, -0.15) is 0 Å². The number of benzene rings is 1. The molecular formula is C18H21ClN2O3. The van der Waals surface area contributed by atoms with Crippen LogP contribution in [0.5, 0.6) is 0 Å². The molecule has 1 aliphatic rings. The van der Waals surface area contributed by atoms with Gasteiger partial charge in [-0.3, -0.25) is 9.59 Å². The number of hydrogen-bond acceptors (Lipinski definition) is 4. The number of rotatable bonds is 3. The van der Waals surface area contributed by atoms with E-state index >= 15 is 0 Å². The highest BCUT2D eigenvalue weighted by Crippen LogP contribution is 2.24. The summed E-state index contributed by atoms with van der Waals surface area (Å²) in [5, 5.41) is 3.26. The normalized spacial score (nSPS) is 17.2. The Morgan fingerprint density at radius 1 is 1.17 bits per heavy atom. The van der Waals surface area contributed by atoms with E-state index in [2.05, 4.69) is 5.32 Å². The predicted molar refractivity (Wildman–Crippen MR) is 94.8 cm³/mol. The second-order valence-corrected chi connectivity index (χ2v) is 5.85. The van der Waals surface area contributed by atoms with Gasteiger partial charge in [0.1, 0.15) is 5.76 Å². The lowest BCUT2D eigenvalue weighted by Gasteiger charge is -2.33. The molecule has 1 aromatic heterocycles. The van der Waals surface area contributed by atoms with E-state index in [1.54, 1.807) is 24.3 Å². The predicted octanol–water partition coefficient (Wildman–Crippen LogP) is 3.00. The van der Waals surface area contributed by atoms with Crippen LogP contribution in [0.2, 0.25) is 0 Å². The largest absolute Gasteiger partial charge is 0.451 e. The highest BCUT2D eigenvalue weighted by molar-refractivity contribution is 5.94. The number of nitrogens with zero attached hydrogens (tertiary/aromatic N) is 1. The lowest BCUT2D eigenvalue weighted by molar-refractivity contribution is 0.0624. The van der Waals surface area contributed by atoms with Gasteiger partial charge in [0.05, 0.1) is 0 Å². The molecular weight excluding hydrogens is 328 g/mol. The van der Waals surface area contributed by atoms with E-state index in [4.69, 9.17) is 4.42 Å². The quantitative estimate of drug-likeness (QED) is 0.866. The molecule has 2 heterocycles. The number of carbonyl (C=O) groups excluding carboxylic acids is 2. The molecule has 1 aromatic carbocycles. The van der Waals surface area contributed by atoms with Crippen molar-refractivity contribution < 1.29 is 14.0 Å². The van der Waals surface area contributed by atoms with Crippen LogP contribution in [0.15, 0.2) is 40.8 Å². The van der Waals surface area contributed by atoms with E-state index < -0.39 is 0 Å². The minimum atomic E-state index is -0.0781. The standard InChI is InChI=1S/C18H20N2O3.ClH/c1-12-11-19-9-10-20(12)18(22)17-8-7-16(23-17)15-5-3-14(4-6-15)13(2)21;/h3-8,12,19H,9-11H2,1-2H3;1H/t12-;/m1./s1. The highest BCUT2D eigenvalue weighted by atomic mass is 35.5. The third-order valence-electron chi connectivity index (χ3n) is 4.15. The van der Waals surface area contributed by atoms with Gasteiger partial charge >= 0.3 is 0 Å².